The van der Waals surface area contributed by atoms with Crippen molar-refractivity contribution in [2.45, 2.75) is 12.1 Å². The lowest BCUT2D eigenvalue weighted by molar-refractivity contribution is 0.171. The fourth-order valence-corrected chi connectivity index (χ4v) is 5.37. The number of hydrogen-bond donors (Lipinski definition) is 1. The average molecular weight is 326 g/mol. The third-order valence-corrected chi connectivity index (χ3v) is 6.02. The summed E-state index contributed by atoms with van der Waals surface area (Å²) in [6, 6.07) is 5.30. The molecule has 2 saturated heterocycles. The summed E-state index contributed by atoms with van der Waals surface area (Å²) in [4.78, 5) is 1.88. The third kappa shape index (κ3) is 2.13. The minimum absolute atomic E-state index is 0.124. The minimum Gasteiger partial charge on any atom is -0.486 e. The van der Waals surface area contributed by atoms with E-state index in [1.807, 2.05) is 23.1 Å². The van der Waals surface area contributed by atoms with Crippen LogP contribution in [0.2, 0.25) is 0 Å². The summed E-state index contributed by atoms with van der Waals surface area (Å²) in [6.07, 6.45) is 0. The van der Waals surface area contributed by atoms with Crippen molar-refractivity contribution in [3.8, 4) is 11.5 Å². The van der Waals surface area contributed by atoms with Gasteiger partial charge in [-0.15, -0.1) is 0 Å². The maximum absolute atomic E-state index is 11.8. The Morgan fingerprint density at radius 3 is 2.76 bits per heavy atom. The van der Waals surface area contributed by atoms with Crippen LogP contribution in [0.15, 0.2) is 18.2 Å². The van der Waals surface area contributed by atoms with Crippen LogP contribution in [0.4, 0.5) is 5.69 Å². The highest BCUT2D eigenvalue weighted by molar-refractivity contribution is 7.91. The molecule has 0 spiro atoms. The van der Waals surface area contributed by atoms with Crippen LogP contribution in [0, 0.1) is 0 Å². The van der Waals surface area contributed by atoms with Gasteiger partial charge in [0.25, 0.3) is 0 Å². The van der Waals surface area contributed by atoms with Crippen molar-refractivity contribution in [2.75, 3.05) is 29.6 Å². The van der Waals surface area contributed by atoms with Crippen LogP contribution in [0.25, 0.3) is 0 Å². The fraction of sp³-hybridized carbons (Fsp3) is 0.462. The molecule has 6 nitrogen and oxygen atoms in total. The van der Waals surface area contributed by atoms with Gasteiger partial charge in [0.2, 0.25) is 0 Å². The van der Waals surface area contributed by atoms with E-state index < -0.39 is 9.84 Å². The summed E-state index contributed by atoms with van der Waals surface area (Å²) in [7, 11) is -3.01. The monoisotopic (exact) mass is 326 g/mol. The van der Waals surface area contributed by atoms with Crippen molar-refractivity contribution >= 4 is 32.9 Å². The second-order valence-corrected chi connectivity index (χ2v) is 7.94. The summed E-state index contributed by atoms with van der Waals surface area (Å²) in [5, 5.41) is 3.67. The second-order valence-electron chi connectivity index (χ2n) is 5.40. The van der Waals surface area contributed by atoms with Gasteiger partial charge in [-0.3, -0.25) is 0 Å². The summed E-state index contributed by atoms with van der Waals surface area (Å²) < 4.78 is 34.7. The molecule has 4 rings (SSSR count). The molecule has 1 aromatic carbocycles. The number of ether oxygens (including phenoxy) is 2. The topological polar surface area (TPSA) is 67.9 Å². The Morgan fingerprint density at radius 2 is 1.95 bits per heavy atom. The number of hydrogen-bond acceptors (Lipinski definition) is 5. The molecule has 0 aliphatic carbocycles. The Hall–Kier alpha value is -1.54. The first-order valence-corrected chi connectivity index (χ1v) is 8.96. The lowest BCUT2D eigenvalue weighted by Gasteiger charge is -2.25. The zero-order chi connectivity index (χ0) is 14.6. The predicted octanol–water partition coefficient (Wildman–Crippen LogP) is 0.318. The molecule has 0 radical (unpaired) electrons. The maximum atomic E-state index is 11.8. The van der Waals surface area contributed by atoms with Crippen molar-refractivity contribution in [1.82, 2.24) is 5.32 Å². The van der Waals surface area contributed by atoms with Crippen molar-refractivity contribution in [2.24, 2.45) is 0 Å². The van der Waals surface area contributed by atoms with Crippen molar-refractivity contribution in [3.05, 3.63) is 18.2 Å². The van der Waals surface area contributed by atoms with Crippen LogP contribution >= 0.6 is 12.2 Å². The van der Waals surface area contributed by atoms with E-state index in [0.717, 1.165) is 5.69 Å². The normalized spacial score (nSPS) is 29.1. The van der Waals surface area contributed by atoms with Crippen LogP contribution < -0.4 is 19.7 Å². The zero-order valence-electron chi connectivity index (χ0n) is 11.1. The summed E-state index contributed by atoms with van der Waals surface area (Å²) >= 11 is 5.35. The van der Waals surface area contributed by atoms with Gasteiger partial charge in [0.05, 0.1) is 23.6 Å². The van der Waals surface area contributed by atoms with Gasteiger partial charge in [-0.05, 0) is 24.4 Å². The fourth-order valence-electron chi connectivity index (χ4n) is 3.09. The molecule has 3 heterocycles. The van der Waals surface area contributed by atoms with E-state index in [2.05, 4.69) is 5.32 Å². The number of anilines is 1. The number of nitrogens with one attached hydrogen (secondary N) is 1. The highest BCUT2D eigenvalue weighted by Crippen LogP contribution is 2.37. The van der Waals surface area contributed by atoms with Gasteiger partial charge in [-0.1, -0.05) is 0 Å². The number of fused-ring (bicyclic) bond motifs is 2. The molecule has 2 fully saturated rings. The van der Waals surface area contributed by atoms with Gasteiger partial charge in [-0.2, -0.15) is 0 Å². The summed E-state index contributed by atoms with van der Waals surface area (Å²) in [5.41, 5.74) is 0.835. The number of rotatable bonds is 1. The van der Waals surface area contributed by atoms with Crippen LogP contribution in [0.3, 0.4) is 0 Å². The van der Waals surface area contributed by atoms with Gasteiger partial charge >= 0.3 is 0 Å². The molecule has 112 valence electrons. The Bertz CT molecular complexity index is 719. The molecule has 21 heavy (non-hydrogen) atoms. The van der Waals surface area contributed by atoms with E-state index in [1.165, 1.54) is 0 Å². The van der Waals surface area contributed by atoms with Gasteiger partial charge in [-0.25, -0.2) is 8.42 Å². The van der Waals surface area contributed by atoms with Crippen molar-refractivity contribution < 1.29 is 17.9 Å². The molecular weight excluding hydrogens is 312 g/mol. The number of sulfone groups is 1. The first kappa shape index (κ1) is 13.1. The van der Waals surface area contributed by atoms with Crippen molar-refractivity contribution in [1.29, 1.82) is 0 Å². The average Bonchev–Trinajstić information content (AvgIpc) is 2.88. The van der Waals surface area contributed by atoms with E-state index in [4.69, 9.17) is 21.7 Å². The van der Waals surface area contributed by atoms with Gasteiger partial charge in [0, 0.05) is 11.8 Å². The molecule has 0 saturated carbocycles. The number of benzene rings is 1. The third-order valence-electron chi connectivity index (χ3n) is 3.99. The van der Waals surface area contributed by atoms with E-state index in [0.29, 0.717) is 29.8 Å². The standard InChI is InChI=1S/C13H14N2O4S2/c16-21(17)6-9-10(7-21)15(13(20)14-9)8-1-2-11-12(5-8)19-4-3-18-11/h1-2,5,9-10H,3-4,6-7H2,(H,14,20). The molecule has 0 aromatic heterocycles. The molecule has 0 amide bonds. The molecule has 1 N–H and O–H groups in total. The van der Waals surface area contributed by atoms with E-state index in [-0.39, 0.29) is 23.6 Å². The molecule has 1 aromatic rings. The number of nitrogens with zero attached hydrogens (tertiary/aromatic N) is 1. The highest BCUT2D eigenvalue weighted by Gasteiger charge is 2.47. The lowest BCUT2D eigenvalue weighted by atomic mass is 10.1. The maximum Gasteiger partial charge on any atom is 0.174 e. The van der Waals surface area contributed by atoms with Crippen LogP contribution in [-0.4, -0.2) is 50.3 Å². The molecule has 3 aliphatic heterocycles. The Balaban J connectivity index is 1.70. The quantitative estimate of drug-likeness (QED) is 0.745. The van der Waals surface area contributed by atoms with E-state index in [9.17, 15) is 8.42 Å². The Labute approximate surface area is 127 Å². The lowest BCUT2D eigenvalue weighted by Crippen LogP contribution is -2.36. The summed E-state index contributed by atoms with van der Waals surface area (Å²) in [6.45, 7) is 1.05. The summed E-state index contributed by atoms with van der Waals surface area (Å²) in [5.74, 6) is 1.64. The largest absolute Gasteiger partial charge is 0.486 e. The Morgan fingerprint density at radius 1 is 1.19 bits per heavy atom. The van der Waals surface area contributed by atoms with Crippen LogP contribution in [0.1, 0.15) is 0 Å². The molecule has 2 atom stereocenters. The first-order valence-electron chi connectivity index (χ1n) is 6.73. The van der Waals surface area contributed by atoms with Crippen LogP contribution in [-0.2, 0) is 9.84 Å². The van der Waals surface area contributed by atoms with Gasteiger partial charge in [0.1, 0.15) is 13.2 Å². The highest BCUT2D eigenvalue weighted by atomic mass is 32.2. The zero-order valence-corrected chi connectivity index (χ0v) is 12.7. The van der Waals surface area contributed by atoms with Gasteiger partial charge < -0.3 is 19.7 Å². The molecule has 2 unspecified atom stereocenters. The molecule has 0 bridgehead atoms. The molecule has 3 aliphatic rings. The molecular formula is C13H14N2O4S2. The predicted molar refractivity (Wildman–Crippen MR) is 81.9 cm³/mol. The molecule has 8 heteroatoms. The van der Waals surface area contributed by atoms with E-state index in [1.54, 1.807) is 0 Å². The van der Waals surface area contributed by atoms with E-state index >= 15 is 0 Å². The van der Waals surface area contributed by atoms with Crippen LogP contribution in [0.5, 0.6) is 11.5 Å². The number of thiocarbonyl (C=S) groups is 1. The smallest absolute Gasteiger partial charge is 0.174 e. The minimum atomic E-state index is -3.01. The second kappa shape index (κ2) is 4.48. The van der Waals surface area contributed by atoms with Crippen molar-refractivity contribution in [3.63, 3.8) is 0 Å². The Kier molecular flexibility index (Phi) is 2.80. The van der Waals surface area contributed by atoms with Gasteiger partial charge in [0.15, 0.2) is 26.4 Å². The SMILES string of the molecule is O=S1(=O)CC2NC(=S)N(c3ccc4c(c3)OCCO4)C2C1. The first-order chi connectivity index (χ1) is 10.0.